The van der Waals surface area contributed by atoms with E-state index in [1.54, 1.807) is 4.90 Å². The first-order valence-electron chi connectivity index (χ1n) is 9.86. The zero-order valence-electron chi connectivity index (χ0n) is 14.9. The highest BCUT2D eigenvalue weighted by molar-refractivity contribution is 5.80. The molecule has 4 rings (SSSR count). The molecule has 2 aliphatic heterocycles. The van der Waals surface area contributed by atoms with Gasteiger partial charge in [-0.05, 0) is 50.4 Å². The molecule has 25 heavy (non-hydrogen) atoms. The molecule has 0 radical (unpaired) electrons. The van der Waals surface area contributed by atoms with Crippen LogP contribution in [0.5, 0.6) is 0 Å². The number of hydrogen-bond acceptors (Lipinski definition) is 3. The Kier molecular flexibility index (Phi) is 4.78. The molecule has 0 aromatic rings. The summed E-state index contributed by atoms with van der Waals surface area (Å²) >= 11 is 0. The molecule has 0 aromatic heterocycles. The summed E-state index contributed by atoms with van der Waals surface area (Å²) in [5, 5.41) is 0. The molecule has 6 heteroatoms. The Hall–Kier alpha value is -0.750. The first kappa shape index (κ1) is 17.7. The summed E-state index contributed by atoms with van der Waals surface area (Å²) in [5.41, 5.74) is -0.122. The topological polar surface area (TPSA) is 38.8 Å². The van der Waals surface area contributed by atoms with E-state index in [9.17, 15) is 13.6 Å². The lowest BCUT2D eigenvalue weighted by Gasteiger charge is -2.44. The summed E-state index contributed by atoms with van der Waals surface area (Å²) < 4.78 is 37.9. The maximum absolute atomic E-state index is 13.0. The molecule has 0 N–H and O–H groups in total. The van der Waals surface area contributed by atoms with Crippen LogP contribution in [0.2, 0.25) is 0 Å². The molecule has 2 aliphatic carbocycles. The van der Waals surface area contributed by atoms with E-state index in [2.05, 4.69) is 0 Å². The predicted molar refractivity (Wildman–Crippen MR) is 88.4 cm³/mol. The molecule has 1 amide bonds. The minimum atomic E-state index is -2.63. The van der Waals surface area contributed by atoms with E-state index in [0.717, 1.165) is 51.4 Å². The zero-order chi connectivity index (χ0) is 17.5. The highest BCUT2D eigenvalue weighted by Crippen LogP contribution is 2.46. The third-order valence-electron chi connectivity index (χ3n) is 6.62. The van der Waals surface area contributed by atoms with Gasteiger partial charge in [0.2, 0.25) is 11.8 Å². The van der Waals surface area contributed by atoms with Crippen molar-refractivity contribution in [3.05, 3.63) is 0 Å². The molecule has 4 aliphatic rings. The number of carbonyl (C=O) groups is 1. The number of hydrogen-bond donors (Lipinski definition) is 0. The molecule has 2 saturated heterocycles. The van der Waals surface area contributed by atoms with E-state index >= 15 is 0 Å². The fourth-order valence-electron chi connectivity index (χ4n) is 4.71. The number of rotatable bonds is 6. The van der Waals surface area contributed by atoms with E-state index < -0.39 is 11.8 Å². The van der Waals surface area contributed by atoms with Crippen LogP contribution in [-0.4, -0.2) is 55.2 Å². The Balaban J connectivity index is 1.24. The van der Waals surface area contributed by atoms with Crippen molar-refractivity contribution in [2.75, 3.05) is 32.9 Å². The Morgan fingerprint density at radius 1 is 1.16 bits per heavy atom. The van der Waals surface area contributed by atoms with Crippen molar-refractivity contribution >= 4 is 5.91 Å². The zero-order valence-corrected chi connectivity index (χ0v) is 14.9. The van der Waals surface area contributed by atoms with Crippen LogP contribution in [0.4, 0.5) is 8.78 Å². The van der Waals surface area contributed by atoms with E-state index in [4.69, 9.17) is 9.47 Å². The summed E-state index contributed by atoms with van der Waals surface area (Å²) in [6.45, 7) is 3.76. The van der Waals surface area contributed by atoms with E-state index in [1.165, 1.54) is 12.8 Å². The highest BCUT2D eigenvalue weighted by Gasteiger charge is 2.52. The molecular formula is C19H29F2NO3. The summed E-state index contributed by atoms with van der Waals surface area (Å²) in [6, 6.07) is 0. The van der Waals surface area contributed by atoms with Gasteiger partial charge in [-0.15, -0.1) is 0 Å². The standard InChI is InChI=1S/C19H29F2NO3/c20-19(21)11-15(12-19)17(23)22-7-5-18(6-8-22)16(4-10-25-18)3-9-24-13-14-1-2-14/h14-16H,1-13H2/t16-/m1/s1. The number of halogens is 2. The lowest BCUT2D eigenvalue weighted by atomic mass is 9.76. The fraction of sp³-hybridized carbons (Fsp3) is 0.947. The van der Waals surface area contributed by atoms with Crippen molar-refractivity contribution in [3.8, 4) is 0 Å². The number of piperidine rings is 1. The van der Waals surface area contributed by atoms with Crippen LogP contribution in [0.25, 0.3) is 0 Å². The summed E-state index contributed by atoms with van der Waals surface area (Å²) in [5.74, 6) is -1.89. The van der Waals surface area contributed by atoms with Crippen molar-refractivity contribution in [2.45, 2.75) is 62.9 Å². The lowest BCUT2D eigenvalue weighted by Crippen LogP contribution is -2.53. The van der Waals surface area contributed by atoms with Crippen molar-refractivity contribution in [1.29, 1.82) is 0 Å². The first-order chi connectivity index (χ1) is 12.0. The quantitative estimate of drug-likeness (QED) is 0.685. The summed E-state index contributed by atoms with van der Waals surface area (Å²) in [6.07, 6.45) is 5.83. The van der Waals surface area contributed by atoms with Crippen molar-refractivity contribution in [3.63, 3.8) is 0 Å². The van der Waals surface area contributed by atoms with Crippen molar-refractivity contribution < 1.29 is 23.0 Å². The Bertz CT molecular complexity index is 493. The first-order valence-corrected chi connectivity index (χ1v) is 9.86. The molecule has 1 spiro atoms. The number of amides is 1. The molecule has 0 bridgehead atoms. The lowest BCUT2D eigenvalue weighted by molar-refractivity contribution is -0.164. The minimum Gasteiger partial charge on any atom is -0.381 e. The third-order valence-corrected chi connectivity index (χ3v) is 6.62. The molecule has 4 fully saturated rings. The predicted octanol–water partition coefficient (Wildman–Crippen LogP) is 3.25. The van der Waals surface area contributed by atoms with Gasteiger partial charge >= 0.3 is 0 Å². The van der Waals surface area contributed by atoms with Gasteiger partial charge in [0, 0.05) is 51.7 Å². The maximum atomic E-state index is 13.0. The second-order valence-corrected chi connectivity index (χ2v) is 8.49. The van der Waals surface area contributed by atoms with Gasteiger partial charge in [-0.1, -0.05) is 0 Å². The molecule has 2 heterocycles. The van der Waals surface area contributed by atoms with Gasteiger partial charge in [0.15, 0.2) is 0 Å². The second kappa shape index (κ2) is 6.76. The van der Waals surface area contributed by atoms with Gasteiger partial charge in [0.25, 0.3) is 0 Å². The van der Waals surface area contributed by atoms with Gasteiger partial charge in [-0.3, -0.25) is 4.79 Å². The minimum absolute atomic E-state index is 0.0805. The van der Waals surface area contributed by atoms with Crippen molar-refractivity contribution in [1.82, 2.24) is 4.90 Å². The third kappa shape index (κ3) is 3.85. The average Bonchev–Trinajstić information content (AvgIpc) is 3.32. The van der Waals surface area contributed by atoms with Crippen LogP contribution in [0.1, 0.15) is 51.4 Å². The van der Waals surface area contributed by atoms with Gasteiger partial charge in [-0.25, -0.2) is 8.78 Å². The van der Waals surface area contributed by atoms with Gasteiger partial charge < -0.3 is 14.4 Å². The monoisotopic (exact) mass is 357 g/mol. The van der Waals surface area contributed by atoms with Gasteiger partial charge in [-0.2, -0.15) is 0 Å². The summed E-state index contributed by atoms with van der Waals surface area (Å²) in [4.78, 5) is 14.2. The maximum Gasteiger partial charge on any atom is 0.249 e. The van der Waals surface area contributed by atoms with Crippen LogP contribution in [0, 0.1) is 17.8 Å². The molecule has 4 nitrogen and oxygen atoms in total. The number of ether oxygens (including phenoxy) is 2. The van der Waals surface area contributed by atoms with Gasteiger partial charge in [0.05, 0.1) is 5.60 Å². The normalized spacial score (nSPS) is 31.3. The van der Waals surface area contributed by atoms with Crippen molar-refractivity contribution in [2.24, 2.45) is 17.8 Å². The van der Waals surface area contributed by atoms with Crippen LogP contribution in [0.15, 0.2) is 0 Å². The fourth-order valence-corrected chi connectivity index (χ4v) is 4.71. The van der Waals surface area contributed by atoms with Crippen LogP contribution < -0.4 is 0 Å². The number of alkyl halides is 2. The molecular weight excluding hydrogens is 328 g/mol. The largest absolute Gasteiger partial charge is 0.381 e. The van der Waals surface area contributed by atoms with E-state index in [1.807, 2.05) is 0 Å². The number of nitrogens with zero attached hydrogens (tertiary/aromatic N) is 1. The SMILES string of the molecule is O=C(C1CC(F)(F)C1)N1CCC2(CC1)OCC[C@H]2CCOCC1CC1. The van der Waals surface area contributed by atoms with Gasteiger partial charge in [0.1, 0.15) is 0 Å². The molecule has 142 valence electrons. The number of carbonyl (C=O) groups excluding carboxylic acids is 1. The Morgan fingerprint density at radius 2 is 1.88 bits per heavy atom. The second-order valence-electron chi connectivity index (χ2n) is 8.49. The molecule has 1 atom stereocenters. The average molecular weight is 357 g/mol. The number of likely N-dealkylation sites (tertiary alicyclic amines) is 1. The van der Waals surface area contributed by atoms with Crippen LogP contribution >= 0.6 is 0 Å². The Morgan fingerprint density at radius 3 is 2.52 bits per heavy atom. The highest BCUT2D eigenvalue weighted by atomic mass is 19.3. The van der Waals surface area contributed by atoms with E-state index in [0.29, 0.717) is 19.0 Å². The molecule has 0 unspecified atom stereocenters. The summed E-state index contributed by atoms with van der Waals surface area (Å²) in [7, 11) is 0. The molecule has 0 aromatic carbocycles. The van der Waals surface area contributed by atoms with E-state index in [-0.39, 0.29) is 24.3 Å². The Labute approximate surface area is 148 Å². The molecule has 2 saturated carbocycles. The smallest absolute Gasteiger partial charge is 0.249 e. The van der Waals surface area contributed by atoms with Crippen LogP contribution in [-0.2, 0) is 14.3 Å². The van der Waals surface area contributed by atoms with Crippen LogP contribution in [0.3, 0.4) is 0 Å².